The van der Waals surface area contributed by atoms with E-state index in [1.165, 1.54) is 18.2 Å². The van der Waals surface area contributed by atoms with Gasteiger partial charge in [0.15, 0.2) is 0 Å². The van der Waals surface area contributed by atoms with Crippen LogP contribution < -0.4 is 16.4 Å². The molecule has 0 saturated carbocycles. The van der Waals surface area contributed by atoms with Gasteiger partial charge in [0.2, 0.25) is 5.91 Å². The molecule has 0 spiro atoms. The Kier molecular flexibility index (Phi) is 5.95. The van der Waals surface area contributed by atoms with Gasteiger partial charge in [0, 0.05) is 25.6 Å². The predicted molar refractivity (Wildman–Crippen MR) is 70.0 cm³/mol. The second kappa shape index (κ2) is 7.48. The summed E-state index contributed by atoms with van der Waals surface area (Å²) in [5.74, 6) is -1.50. The molecule has 1 aromatic rings. The van der Waals surface area contributed by atoms with Gasteiger partial charge in [-0.2, -0.15) is 0 Å². The van der Waals surface area contributed by atoms with Crippen molar-refractivity contribution in [3.8, 4) is 0 Å². The van der Waals surface area contributed by atoms with Crippen LogP contribution in [0.4, 0.5) is 4.39 Å². The van der Waals surface area contributed by atoms with E-state index in [0.29, 0.717) is 0 Å². The summed E-state index contributed by atoms with van der Waals surface area (Å²) in [7, 11) is 0. The minimum atomic E-state index is -0.569. The Balaban J connectivity index is 2.32. The first-order valence-electron chi connectivity index (χ1n) is 6.06. The van der Waals surface area contributed by atoms with Crippen LogP contribution in [0, 0.1) is 11.7 Å². The zero-order valence-electron chi connectivity index (χ0n) is 10.8. The van der Waals surface area contributed by atoms with Crippen LogP contribution in [0.15, 0.2) is 24.3 Å². The van der Waals surface area contributed by atoms with Crippen molar-refractivity contribution in [3.05, 3.63) is 35.6 Å². The zero-order valence-corrected chi connectivity index (χ0v) is 10.8. The quantitative estimate of drug-likeness (QED) is 0.647. The maximum Gasteiger partial charge on any atom is 0.254 e. The molecule has 19 heavy (non-hydrogen) atoms. The van der Waals surface area contributed by atoms with Gasteiger partial charge < -0.3 is 16.4 Å². The highest BCUT2D eigenvalue weighted by Crippen LogP contribution is 2.05. The van der Waals surface area contributed by atoms with Crippen molar-refractivity contribution in [2.45, 2.75) is 6.92 Å². The third-order valence-corrected chi connectivity index (χ3v) is 2.63. The normalized spacial score (nSPS) is 11.7. The summed E-state index contributed by atoms with van der Waals surface area (Å²) in [6.45, 7) is 2.50. The van der Waals surface area contributed by atoms with Gasteiger partial charge in [0.25, 0.3) is 5.91 Å². The van der Waals surface area contributed by atoms with Crippen LogP contribution in [0.2, 0.25) is 0 Å². The molecule has 4 N–H and O–H groups in total. The molecule has 0 radical (unpaired) electrons. The lowest BCUT2D eigenvalue weighted by molar-refractivity contribution is -0.124. The fraction of sp³-hybridized carbons (Fsp3) is 0.385. The number of amides is 2. The van der Waals surface area contributed by atoms with Crippen LogP contribution in [0.25, 0.3) is 0 Å². The van der Waals surface area contributed by atoms with E-state index in [1.807, 2.05) is 0 Å². The van der Waals surface area contributed by atoms with Gasteiger partial charge >= 0.3 is 0 Å². The predicted octanol–water partition coefficient (Wildman–Crippen LogP) is 0.267. The van der Waals surface area contributed by atoms with Gasteiger partial charge in [-0.25, -0.2) is 4.39 Å². The molecule has 0 aromatic heterocycles. The highest BCUT2D eigenvalue weighted by Gasteiger charge is 2.11. The van der Waals surface area contributed by atoms with E-state index >= 15 is 0 Å². The lowest BCUT2D eigenvalue weighted by Crippen LogP contribution is -2.38. The Morgan fingerprint density at radius 2 is 1.89 bits per heavy atom. The van der Waals surface area contributed by atoms with Gasteiger partial charge in [0.1, 0.15) is 5.82 Å². The summed E-state index contributed by atoms with van der Waals surface area (Å²) in [6.07, 6.45) is 0. The molecule has 1 unspecified atom stereocenters. The number of nitrogens with two attached hydrogens (primary N) is 1. The number of halogens is 1. The monoisotopic (exact) mass is 267 g/mol. The lowest BCUT2D eigenvalue weighted by atomic mass is 10.2. The topological polar surface area (TPSA) is 84.2 Å². The summed E-state index contributed by atoms with van der Waals surface area (Å²) in [5.41, 5.74) is 5.34. The van der Waals surface area contributed by atoms with Crippen molar-refractivity contribution in [1.82, 2.24) is 10.6 Å². The Hall–Kier alpha value is -1.95. The van der Waals surface area contributed by atoms with E-state index in [1.54, 1.807) is 13.0 Å². The molecular weight excluding hydrogens is 249 g/mol. The number of rotatable bonds is 6. The minimum Gasteiger partial charge on any atom is -0.354 e. The third kappa shape index (κ3) is 4.67. The largest absolute Gasteiger partial charge is 0.354 e. The second-order valence-corrected chi connectivity index (χ2v) is 4.16. The van der Waals surface area contributed by atoms with Crippen LogP contribution in [-0.4, -0.2) is 31.4 Å². The molecule has 0 bridgehead atoms. The number of hydrogen-bond donors (Lipinski definition) is 3. The highest BCUT2D eigenvalue weighted by molar-refractivity contribution is 5.94. The van der Waals surface area contributed by atoms with E-state index < -0.39 is 11.7 Å². The summed E-state index contributed by atoms with van der Waals surface area (Å²) in [5, 5.41) is 5.15. The number of benzene rings is 1. The number of nitrogens with one attached hydrogen (secondary N) is 2. The third-order valence-electron chi connectivity index (χ3n) is 2.63. The first kappa shape index (κ1) is 15.1. The van der Waals surface area contributed by atoms with Crippen LogP contribution in [0.3, 0.4) is 0 Å². The Labute approximate surface area is 111 Å². The first-order chi connectivity index (χ1) is 9.06. The fourth-order valence-corrected chi connectivity index (χ4v) is 1.38. The molecule has 6 heteroatoms. The van der Waals surface area contributed by atoms with Crippen LogP contribution in [0.5, 0.6) is 0 Å². The van der Waals surface area contributed by atoms with Crippen LogP contribution in [-0.2, 0) is 4.79 Å². The molecule has 0 aliphatic rings. The number of hydrogen-bond acceptors (Lipinski definition) is 3. The average Bonchev–Trinajstić information content (AvgIpc) is 2.42. The van der Waals surface area contributed by atoms with Crippen LogP contribution >= 0.6 is 0 Å². The van der Waals surface area contributed by atoms with Crippen molar-refractivity contribution >= 4 is 11.8 Å². The summed E-state index contributed by atoms with van der Waals surface area (Å²) < 4.78 is 13.3. The summed E-state index contributed by atoms with van der Waals surface area (Å²) >= 11 is 0. The smallest absolute Gasteiger partial charge is 0.254 e. The molecular formula is C13H18FN3O2. The molecule has 1 aromatic carbocycles. The zero-order chi connectivity index (χ0) is 14.3. The van der Waals surface area contributed by atoms with Crippen molar-refractivity contribution in [2.75, 3.05) is 19.6 Å². The van der Waals surface area contributed by atoms with E-state index in [2.05, 4.69) is 10.6 Å². The SMILES string of the molecule is CC(CN)C(=O)NCCNC(=O)c1ccccc1F. The van der Waals surface area contributed by atoms with Gasteiger partial charge in [-0.1, -0.05) is 19.1 Å². The van der Waals surface area contributed by atoms with E-state index in [-0.39, 0.29) is 37.0 Å². The molecule has 0 aliphatic heterocycles. The number of carbonyl (C=O) groups excluding carboxylic acids is 2. The van der Waals surface area contributed by atoms with E-state index in [9.17, 15) is 14.0 Å². The molecule has 5 nitrogen and oxygen atoms in total. The number of carbonyl (C=O) groups is 2. The Morgan fingerprint density at radius 3 is 2.53 bits per heavy atom. The molecule has 104 valence electrons. The van der Waals surface area contributed by atoms with Crippen molar-refractivity contribution in [1.29, 1.82) is 0 Å². The summed E-state index contributed by atoms with van der Waals surface area (Å²) in [4.78, 5) is 23.0. The molecule has 0 aliphatic carbocycles. The van der Waals surface area contributed by atoms with Gasteiger partial charge in [-0.15, -0.1) is 0 Å². The van der Waals surface area contributed by atoms with E-state index in [4.69, 9.17) is 5.73 Å². The highest BCUT2D eigenvalue weighted by atomic mass is 19.1. The molecule has 0 fully saturated rings. The Morgan fingerprint density at radius 1 is 1.26 bits per heavy atom. The lowest BCUT2D eigenvalue weighted by Gasteiger charge is -2.10. The van der Waals surface area contributed by atoms with Gasteiger partial charge in [-0.3, -0.25) is 9.59 Å². The second-order valence-electron chi connectivity index (χ2n) is 4.16. The fourth-order valence-electron chi connectivity index (χ4n) is 1.38. The molecule has 0 saturated heterocycles. The molecule has 0 heterocycles. The average molecular weight is 267 g/mol. The molecule has 1 atom stereocenters. The molecule has 1 rings (SSSR count). The van der Waals surface area contributed by atoms with Crippen molar-refractivity contribution < 1.29 is 14.0 Å². The first-order valence-corrected chi connectivity index (χ1v) is 6.06. The van der Waals surface area contributed by atoms with Crippen molar-refractivity contribution in [2.24, 2.45) is 11.7 Å². The molecule has 2 amide bonds. The van der Waals surface area contributed by atoms with Gasteiger partial charge in [-0.05, 0) is 12.1 Å². The van der Waals surface area contributed by atoms with E-state index in [0.717, 1.165) is 0 Å². The maximum absolute atomic E-state index is 13.3. The van der Waals surface area contributed by atoms with Crippen molar-refractivity contribution in [3.63, 3.8) is 0 Å². The summed E-state index contributed by atoms with van der Waals surface area (Å²) in [6, 6.07) is 5.72. The Bertz CT molecular complexity index is 451. The maximum atomic E-state index is 13.3. The van der Waals surface area contributed by atoms with Crippen LogP contribution in [0.1, 0.15) is 17.3 Å². The minimum absolute atomic E-state index is 0.0100. The van der Waals surface area contributed by atoms with Gasteiger partial charge in [0.05, 0.1) is 5.56 Å². The standard InChI is InChI=1S/C13H18FN3O2/c1-9(8-15)12(18)16-6-7-17-13(19)10-4-2-3-5-11(10)14/h2-5,9H,6-8,15H2,1H3,(H,16,18)(H,17,19).